The van der Waals surface area contributed by atoms with Crippen molar-refractivity contribution in [1.82, 2.24) is 19.7 Å². The average Bonchev–Trinajstić information content (AvgIpc) is 3.10. The van der Waals surface area contributed by atoms with Gasteiger partial charge in [0.05, 0.1) is 7.11 Å². The number of rotatable bonds is 5. The van der Waals surface area contributed by atoms with E-state index >= 15 is 0 Å². The quantitative estimate of drug-likeness (QED) is 0.743. The molecule has 0 aliphatic carbocycles. The molecular formula is C20H23N5O2. The van der Waals surface area contributed by atoms with Gasteiger partial charge in [-0.2, -0.15) is 9.67 Å². The monoisotopic (exact) mass is 365 g/mol. The summed E-state index contributed by atoms with van der Waals surface area (Å²) in [5, 5.41) is 7.65. The van der Waals surface area contributed by atoms with Gasteiger partial charge in [-0.1, -0.05) is 32.9 Å². The predicted octanol–water partition coefficient (Wildman–Crippen LogP) is 3.65. The molecule has 0 fully saturated rings. The van der Waals surface area contributed by atoms with Gasteiger partial charge in [-0.05, 0) is 29.8 Å². The molecule has 3 rings (SSSR count). The normalized spacial score (nSPS) is 11.3. The molecule has 0 atom stereocenters. The van der Waals surface area contributed by atoms with E-state index in [4.69, 9.17) is 4.74 Å². The third kappa shape index (κ3) is 4.31. The van der Waals surface area contributed by atoms with Crippen molar-refractivity contribution in [3.05, 3.63) is 54.4 Å². The van der Waals surface area contributed by atoms with Crippen molar-refractivity contribution in [3.8, 4) is 17.1 Å². The van der Waals surface area contributed by atoms with Crippen LogP contribution in [0.25, 0.3) is 11.4 Å². The van der Waals surface area contributed by atoms with E-state index in [2.05, 4.69) is 20.4 Å². The van der Waals surface area contributed by atoms with E-state index in [1.165, 1.54) is 4.68 Å². The zero-order chi connectivity index (χ0) is 19.4. The molecule has 0 saturated carbocycles. The van der Waals surface area contributed by atoms with Crippen molar-refractivity contribution in [3.63, 3.8) is 0 Å². The van der Waals surface area contributed by atoms with E-state index in [1.54, 1.807) is 19.5 Å². The molecule has 0 amide bonds. The molecule has 7 heteroatoms. The summed E-state index contributed by atoms with van der Waals surface area (Å²) in [6.07, 6.45) is 3.35. The second kappa shape index (κ2) is 7.57. The molecule has 0 aliphatic rings. The SMILES string of the molecule is COc1ccc(CNc2nc(-c3ccncc3)nn2C(=O)C(C)(C)C)cc1. The molecule has 1 N–H and O–H groups in total. The average molecular weight is 365 g/mol. The number of carbonyl (C=O) groups is 1. The van der Waals surface area contributed by atoms with Crippen LogP contribution in [0.15, 0.2) is 48.8 Å². The molecule has 1 aromatic carbocycles. The Bertz CT molecular complexity index is 912. The fraction of sp³-hybridized carbons (Fsp3) is 0.300. The van der Waals surface area contributed by atoms with Gasteiger partial charge in [0.2, 0.25) is 5.95 Å². The highest BCUT2D eigenvalue weighted by Crippen LogP contribution is 2.23. The summed E-state index contributed by atoms with van der Waals surface area (Å²) in [6, 6.07) is 11.3. The lowest BCUT2D eigenvalue weighted by atomic mass is 9.96. The highest BCUT2D eigenvalue weighted by Gasteiger charge is 2.27. The maximum absolute atomic E-state index is 12.8. The van der Waals surface area contributed by atoms with E-state index in [-0.39, 0.29) is 5.91 Å². The van der Waals surface area contributed by atoms with Crippen LogP contribution < -0.4 is 10.1 Å². The minimum Gasteiger partial charge on any atom is -0.497 e. The Morgan fingerprint density at radius 2 is 1.78 bits per heavy atom. The van der Waals surface area contributed by atoms with Crippen LogP contribution in [0.2, 0.25) is 0 Å². The zero-order valence-electron chi connectivity index (χ0n) is 15.9. The first-order chi connectivity index (χ1) is 12.9. The van der Waals surface area contributed by atoms with Crippen molar-refractivity contribution in [1.29, 1.82) is 0 Å². The van der Waals surface area contributed by atoms with E-state index < -0.39 is 5.41 Å². The lowest BCUT2D eigenvalue weighted by Gasteiger charge is -2.17. The van der Waals surface area contributed by atoms with Gasteiger partial charge in [-0.3, -0.25) is 9.78 Å². The third-order valence-electron chi connectivity index (χ3n) is 3.99. The Kier molecular flexibility index (Phi) is 5.21. The Hall–Kier alpha value is -3.22. The van der Waals surface area contributed by atoms with Gasteiger partial charge in [0.25, 0.3) is 5.91 Å². The van der Waals surface area contributed by atoms with Gasteiger partial charge in [-0.25, -0.2) is 0 Å². The summed E-state index contributed by atoms with van der Waals surface area (Å²) in [4.78, 5) is 21.4. The number of benzene rings is 1. The van der Waals surface area contributed by atoms with Gasteiger partial charge in [0, 0.05) is 29.9 Å². The topological polar surface area (TPSA) is 81.9 Å². The maximum Gasteiger partial charge on any atom is 0.255 e. The Balaban J connectivity index is 1.89. The standard InChI is InChI=1S/C20H23N5O2/c1-20(2,3)18(26)25-19(22-13-14-5-7-16(27-4)8-6-14)23-17(24-25)15-9-11-21-12-10-15/h5-12H,13H2,1-4H3,(H,22,23,24). The summed E-state index contributed by atoms with van der Waals surface area (Å²) >= 11 is 0. The highest BCUT2D eigenvalue weighted by atomic mass is 16.5. The molecule has 0 spiro atoms. The molecule has 2 heterocycles. The van der Waals surface area contributed by atoms with Crippen LogP contribution in [0.1, 0.15) is 31.1 Å². The number of carbonyl (C=O) groups excluding carboxylic acids is 1. The highest BCUT2D eigenvalue weighted by molar-refractivity contribution is 5.86. The first-order valence-electron chi connectivity index (χ1n) is 8.67. The van der Waals surface area contributed by atoms with E-state index in [9.17, 15) is 4.79 Å². The van der Waals surface area contributed by atoms with E-state index in [1.807, 2.05) is 57.2 Å². The number of ether oxygens (including phenoxy) is 1. The van der Waals surface area contributed by atoms with E-state index in [0.29, 0.717) is 18.3 Å². The van der Waals surface area contributed by atoms with Crippen LogP contribution >= 0.6 is 0 Å². The Morgan fingerprint density at radius 1 is 1.11 bits per heavy atom. The van der Waals surface area contributed by atoms with Crippen molar-refractivity contribution in [2.24, 2.45) is 5.41 Å². The van der Waals surface area contributed by atoms with Crippen LogP contribution in [0.4, 0.5) is 5.95 Å². The Labute approximate surface area is 158 Å². The van der Waals surface area contributed by atoms with Crippen LogP contribution in [0.5, 0.6) is 5.75 Å². The van der Waals surface area contributed by atoms with E-state index in [0.717, 1.165) is 16.9 Å². The zero-order valence-corrected chi connectivity index (χ0v) is 15.9. The van der Waals surface area contributed by atoms with Gasteiger partial charge in [0.1, 0.15) is 5.75 Å². The van der Waals surface area contributed by atoms with Crippen LogP contribution in [0.3, 0.4) is 0 Å². The van der Waals surface area contributed by atoms with Gasteiger partial charge < -0.3 is 10.1 Å². The molecule has 0 aliphatic heterocycles. The van der Waals surface area contributed by atoms with Crippen molar-refractivity contribution < 1.29 is 9.53 Å². The second-order valence-electron chi connectivity index (χ2n) is 7.16. The summed E-state index contributed by atoms with van der Waals surface area (Å²) in [6.45, 7) is 6.08. The fourth-order valence-electron chi connectivity index (χ4n) is 2.43. The van der Waals surface area contributed by atoms with Crippen molar-refractivity contribution in [2.45, 2.75) is 27.3 Å². The molecule has 3 aromatic rings. The molecule has 7 nitrogen and oxygen atoms in total. The lowest BCUT2D eigenvalue weighted by Crippen LogP contribution is -2.29. The summed E-state index contributed by atoms with van der Waals surface area (Å²) < 4.78 is 6.52. The maximum atomic E-state index is 12.8. The molecular weight excluding hydrogens is 342 g/mol. The number of pyridine rings is 1. The Morgan fingerprint density at radius 3 is 2.37 bits per heavy atom. The smallest absolute Gasteiger partial charge is 0.255 e. The van der Waals surface area contributed by atoms with Crippen molar-refractivity contribution in [2.75, 3.05) is 12.4 Å². The first-order valence-corrected chi connectivity index (χ1v) is 8.67. The lowest BCUT2D eigenvalue weighted by molar-refractivity contribution is 0.0752. The molecule has 0 saturated heterocycles. The molecule has 27 heavy (non-hydrogen) atoms. The minimum absolute atomic E-state index is 0.132. The second-order valence-corrected chi connectivity index (χ2v) is 7.16. The summed E-state index contributed by atoms with van der Waals surface area (Å²) in [5.74, 6) is 1.56. The largest absolute Gasteiger partial charge is 0.497 e. The van der Waals surface area contributed by atoms with Crippen LogP contribution in [0, 0.1) is 5.41 Å². The van der Waals surface area contributed by atoms with Gasteiger partial charge in [-0.15, -0.1) is 5.10 Å². The number of hydrogen-bond donors (Lipinski definition) is 1. The molecule has 140 valence electrons. The third-order valence-corrected chi connectivity index (χ3v) is 3.99. The molecule has 0 radical (unpaired) electrons. The summed E-state index contributed by atoms with van der Waals surface area (Å²) in [5.41, 5.74) is 1.26. The van der Waals surface area contributed by atoms with Crippen molar-refractivity contribution >= 4 is 11.9 Å². The fourth-order valence-corrected chi connectivity index (χ4v) is 2.43. The minimum atomic E-state index is -0.584. The number of aromatic nitrogens is 4. The number of methoxy groups -OCH3 is 1. The summed E-state index contributed by atoms with van der Waals surface area (Å²) in [7, 11) is 1.63. The number of nitrogens with one attached hydrogen (secondary N) is 1. The first kappa shape index (κ1) is 18.6. The van der Waals surface area contributed by atoms with Gasteiger partial charge >= 0.3 is 0 Å². The molecule has 0 unspecified atom stereocenters. The van der Waals surface area contributed by atoms with Gasteiger partial charge in [0.15, 0.2) is 5.82 Å². The number of anilines is 1. The van der Waals surface area contributed by atoms with Crippen LogP contribution in [-0.4, -0.2) is 32.8 Å². The van der Waals surface area contributed by atoms with Crippen LogP contribution in [-0.2, 0) is 6.54 Å². The number of hydrogen-bond acceptors (Lipinski definition) is 6. The predicted molar refractivity (Wildman–Crippen MR) is 104 cm³/mol. The molecule has 0 bridgehead atoms. The molecule has 2 aromatic heterocycles. The number of nitrogens with zero attached hydrogens (tertiary/aromatic N) is 4.